The van der Waals surface area contributed by atoms with E-state index in [0.29, 0.717) is 27.8 Å². The number of nitrogens with two attached hydrogens (primary N) is 1. The summed E-state index contributed by atoms with van der Waals surface area (Å²) in [7, 11) is 1.32. The highest BCUT2D eigenvalue weighted by atomic mass is 19.1. The molecular formula is C22H19FN4O3. The van der Waals surface area contributed by atoms with Crippen LogP contribution in [0.4, 0.5) is 10.2 Å². The Bertz CT molecular complexity index is 1220. The fourth-order valence-corrected chi connectivity index (χ4v) is 3.24. The van der Waals surface area contributed by atoms with Crippen LogP contribution >= 0.6 is 0 Å². The van der Waals surface area contributed by atoms with Crippen LogP contribution in [0.1, 0.15) is 28.9 Å². The number of pyridine rings is 1. The Morgan fingerprint density at radius 2 is 2.03 bits per heavy atom. The number of hydrogen-bond donors (Lipinski definition) is 1. The van der Waals surface area contributed by atoms with Crippen LogP contribution in [-0.4, -0.2) is 27.8 Å². The van der Waals surface area contributed by atoms with Crippen molar-refractivity contribution in [3.63, 3.8) is 0 Å². The average molecular weight is 406 g/mol. The minimum absolute atomic E-state index is 0.186. The molecule has 7 nitrogen and oxygen atoms in total. The molecule has 0 saturated heterocycles. The first-order chi connectivity index (χ1) is 14.5. The summed E-state index contributed by atoms with van der Waals surface area (Å²) in [6.07, 6.45) is 2.92. The molecule has 0 aliphatic rings. The Kier molecular flexibility index (Phi) is 5.05. The molecule has 2 aromatic heterocycles. The smallest absolute Gasteiger partial charge is 0.337 e. The summed E-state index contributed by atoms with van der Waals surface area (Å²) in [6.45, 7) is 1.82. The number of rotatable bonds is 5. The van der Waals surface area contributed by atoms with Crippen molar-refractivity contribution < 1.29 is 18.7 Å². The normalized spacial score (nSPS) is 12.0. The van der Waals surface area contributed by atoms with Gasteiger partial charge in [-0.05, 0) is 55.5 Å². The number of anilines is 1. The second kappa shape index (κ2) is 7.82. The van der Waals surface area contributed by atoms with Crippen LogP contribution in [0.15, 0.2) is 60.9 Å². The van der Waals surface area contributed by atoms with E-state index in [0.717, 1.165) is 5.69 Å². The van der Waals surface area contributed by atoms with Crippen LogP contribution in [0.3, 0.4) is 0 Å². The number of nitrogens with zero attached hydrogens (tertiary/aromatic N) is 3. The van der Waals surface area contributed by atoms with E-state index in [9.17, 15) is 9.18 Å². The zero-order chi connectivity index (χ0) is 21.3. The van der Waals surface area contributed by atoms with Crippen molar-refractivity contribution >= 4 is 22.7 Å². The molecule has 30 heavy (non-hydrogen) atoms. The lowest BCUT2D eigenvalue weighted by Crippen LogP contribution is -2.12. The van der Waals surface area contributed by atoms with Gasteiger partial charge in [0.05, 0.1) is 23.9 Å². The number of carbonyl (C=O) groups excluding carboxylic acids is 1. The van der Waals surface area contributed by atoms with Gasteiger partial charge in [0.2, 0.25) is 0 Å². The molecule has 8 heteroatoms. The zero-order valence-corrected chi connectivity index (χ0v) is 16.4. The SMILES string of the molecule is COC(=O)c1ccc(-n2cccn2)c(C(C)Oc2cc3cc(F)ccc3nc2N)c1. The highest BCUT2D eigenvalue weighted by molar-refractivity contribution is 5.90. The van der Waals surface area contributed by atoms with E-state index in [1.165, 1.54) is 19.2 Å². The monoisotopic (exact) mass is 406 g/mol. The number of esters is 1. The van der Waals surface area contributed by atoms with Crippen LogP contribution in [0.25, 0.3) is 16.6 Å². The van der Waals surface area contributed by atoms with Gasteiger partial charge in [0.1, 0.15) is 11.9 Å². The number of carbonyl (C=O) groups is 1. The first-order valence-corrected chi connectivity index (χ1v) is 9.21. The lowest BCUT2D eigenvalue weighted by atomic mass is 10.0. The van der Waals surface area contributed by atoms with Gasteiger partial charge in [0.15, 0.2) is 11.6 Å². The highest BCUT2D eigenvalue weighted by Crippen LogP contribution is 2.32. The zero-order valence-electron chi connectivity index (χ0n) is 16.4. The number of aromatic nitrogens is 3. The second-order valence-corrected chi connectivity index (χ2v) is 6.68. The molecule has 152 valence electrons. The number of ether oxygens (including phenoxy) is 2. The summed E-state index contributed by atoms with van der Waals surface area (Å²) in [4.78, 5) is 16.3. The van der Waals surface area contributed by atoms with Crippen LogP contribution in [0.2, 0.25) is 0 Å². The van der Waals surface area contributed by atoms with Gasteiger partial charge < -0.3 is 15.2 Å². The molecular weight excluding hydrogens is 387 g/mol. The molecule has 2 N–H and O–H groups in total. The highest BCUT2D eigenvalue weighted by Gasteiger charge is 2.19. The molecule has 4 rings (SSSR count). The van der Waals surface area contributed by atoms with E-state index in [1.54, 1.807) is 53.5 Å². The number of fused-ring (bicyclic) bond motifs is 1. The van der Waals surface area contributed by atoms with Gasteiger partial charge >= 0.3 is 5.97 Å². The lowest BCUT2D eigenvalue weighted by molar-refractivity contribution is 0.0600. The maximum Gasteiger partial charge on any atom is 0.337 e. The van der Waals surface area contributed by atoms with Crippen molar-refractivity contribution in [2.75, 3.05) is 12.8 Å². The van der Waals surface area contributed by atoms with Gasteiger partial charge in [-0.1, -0.05) is 0 Å². The van der Waals surface area contributed by atoms with Gasteiger partial charge in [-0.2, -0.15) is 5.10 Å². The summed E-state index contributed by atoms with van der Waals surface area (Å²) < 4.78 is 26.2. The van der Waals surface area contributed by atoms with E-state index in [4.69, 9.17) is 15.2 Å². The minimum atomic E-state index is -0.524. The number of methoxy groups -OCH3 is 1. The molecule has 1 atom stereocenters. The Hall–Kier alpha value is -3.94. The minimum Gasteiger partial charge on any atom is -0.482 e. The van der Waals surface area contributed by atoms with Crippen LogP contribution in [-0.2, 0) is 4.74 Å². The molecule has 0 spiro atoms. The summed E-state index contributed by atoms with van der Waals surface area (Å²) in [5, 5.41) is 4.84. The van der Waals surface area contributed by atoms with Crippen molar-refractivity contribution in [3.05, 3.63) is 77.9 Å². The van der Waals surface area contributed by atoms with E-state index >= 15 is 0 Å². The predicted octanol–water partition coefficient (Wildman–Crippen LogP) is 4.07. The van der Waals surface area contributed by atoms with E-state index in [1.807, 2.05) is 6.92 Å². The molecule has 4 aromatic rings. The third kappa shape index (κ3) is 3.67. The Morgan fingerprint density at radius 1 is 1.20 bits per heavy atom. The van der Waals surface area contributed by atoms with Crippen LogP contribution < -0.4 is 10.5 Å². The van der Waals surface area contributed by atoms with Crippen molar-refractivity contribution in [1.82, 2.24) is 14.8 Å². The third-order valence-corrected chi connectivity index (χ3v) is 4.71. The molecule has 0 saturated carbocycles. The Morgan fingerprint density at radius 3 is 2.77 bits per heavy atom. The molecule has 0 amide bonds. The summed E-state index contributed by atoms with van der Waals surface area (Å²) in [5.41, 5.74) is 8.44. The molecule has 0 fully saturated rings. The third-order valence-electron chi connectivity index (χ3n) is 4.71. The van der Waals surface area contributed by atoms with Crippen LogP contribution in [0.5, 0.6) is 5.75 Å². The molecule has 0 bridgehead atoms. The number of hydrogen-bond acceptors (Lipinski definition) is 6. The molecule has 0 aliphatic heterocycles. The molecule has 2 heterocycles. The average Bonchev–Trinajstić information content (AvgIpc) is 3.28. The van der Waals surface area contributed by atoms with Gasteiger partial charge in [0, 0.05) is 23.3 Å². The van der Waals surface area contributed by atoms with Crippen LogP contribution in [0, 0.1) is 5.82 Å². The Balaban J connectivity index is 1.75. The molecule has 0 radical (unpaired) electrons. The van der Waals surface area contributed by atoms with Gasteiger partial charge in [-0.15, -0.1) is 0 Å². The number of halogens is 1. The van der Waals surface area contributed by atoms with Gasteiger partial charge in [-0.25, -0.2) is 18.9 Å². The Labute approximate surface area is 171 Å². The number of benzene rings is 2. The fourth-order valence-electron chi connectivity index (χ4n) is 3.24. The summed E-state index contributed by atoms with van der Waals surface area (Å²) in [5.74, 6) is -0.334. The fraction of sp³-hybridized carbons (Fsp3) is 0.136. The number of nitrogen functional groups attached to an aromatic ring is 1. The van der Waals surface area contributed by atoms with Crippen molar-refractivity contribution in [2.24, 2.45) is 0 Å². The molecule has 1 unspecified atom stereocenters. The quantitative estimate of drug-likeness (QED) is 0.502. The largest absolute Gasteiger partial charge is 0.482 e. The van der Waals surface area contributed by atoms with Gasteiger partial charge in [0.25, 0.3) is 0 Å². The predicted molar refractivity (Wildman–Crippen MR) is 110 cm³/mol. The lowest BCUT2D eigenvalue weighted by Gasteiger charge is -2.20. The standard InChI is InChI=1S/C22H19FN4O3/c1-13(30-20-12-15-10-16(23)5-6-18(15)26-21(20)24)17-11-14(22(28)29-2)4-7-19(17)27-9-3-8-25-27/h3-13H,1-2H3,(H2,24,26). The van der Waals surface area contributed by atoms with Crippen molar-refractivity contribution in [2.45, 2.75) is 13.0 Å². The van der Waals surface area contributed by atoms with E-state index in [-0.39, 0.29) is 11.6 Å². The van der Waals surface area contributed by atoms with Crippen molar-refractivity contribution in [1.29, 1.82) is 0 Å². The van der Waals surface area contributed by atoms with Crippen molar-refractivity contribution in [3.8, 4) is 11.4 Å². The van der Waals surface area contributed by atoms with E-state index < -0.39 is 12.1 Å². The first kappa shape index (κ1) is 19.4. The summed E-state index contributed by atoms with van der Waals surface area (Å²) >= 11 is 0. The van der Waals surface area contributed by atoms with E-state index in [2.05, 4.69) is 10.1 Å². The van der Waals surface area contributed by atoms with Gasteiger partial charge in [-0.3, -0.25) is 0 Å². The summed E-state index contributed by atoms with van der Waals surface area (Å²) in [6, 6.07) is 12.8. The maximum atomic E-state index is 13.6. The maximum absolute atomic E-state index is 13.6. The topological polar surface area (TPSA) is 92.3 Å². The molecule has 0 aliphatic carbocycles. The molecule has 2 aromatic carbocycles. The first-order valence-electron chi connectivity index (χ1n) is 9.21. The second-order valence-electron chi connectivity index (χ2n) is 6.68.